The lowest BCUT2D eigenvalue weighted by Crippen LogP contribution is -2.46. The molecule has 0 aliphatic carbocycles. The Labute approximate surface area is 182 Å². The lowest BCUT2D eigenvalue weighted by Gasteiger charge is -2.36. The van der Waals surface area contributed by atoms with Crippen LogP contribution in [0.5, 0.6) is 0 Å². The molecule has 2 rings (SSSR count). The minimum absolute atomic E-state index is 0. The van der Waals surface area contributed by atoms with Crippen LogP contribution in [0.2, 0.25) is 0 Å². The number of guanidine groups is 1. The molecule has 0 unspecified atom stereocenters. The van der Waals surface area contributed by atoms with E-state index in [1.807, 2.05) is 18.7 Å². The highest BCUT2D eigenvalue weighted by molar-refractivity contribution is 14.0. The second kappa shape index (κ2) is 11.7. The third-order valence-corrected chi connectivity index (χ3v) is 4.51. The van der Waals surface area contributed by atoms with Crippen LogP contribution in [0.1, 0.15) is 32.3 Å². The van der Waals surface area contributed by atoms with Crippen LogP contribution in [0, 0.1) is 0 Å². The molecule has 0 aromatic heterocycles. The van der Waals surface area contributed by atoms with Crippen molar-refractivity contribution in [1.82, 2.24) is 10.2 Å². The lowest BCUT2D eigenvalue weighted by atomic mass is 10.1. The molecular weight excluding hydrogens is 482 g/mol. The Morgan fingerprint density at radius 2 is 1.86 bits per heavy atom. The molecule has 1 aromatic rings. The molecule has 3 N–H and O–H groups in total. The number of unbranched alkanes of at least 4 members (excludes halogenated alkanes) is 1. The Morgan fingerprint density at radius 3 is 2.46 bits per heavy atom. The molecule has 0 radical (unpaired) electrons. The van der Waals surface area contributed by atoms with Crippen LogP contribution in [0.15, 0.2) is 29.3 Å². The predicted octanol–water partition coefficient (Wildman–Crippen LogP) is 3.54. The number of halogens is 4. The van der Waals surface area contributed by atoms with Crippen LogP contribution < -0.4 is 16.0 Å². The maximum absolute atomic E-state index is 12.9. The molecule has 0 amide bonds. The highest BCUT2D eigenvalue weighted by atomic mass is 127. The Balaban J connectivity index is 0.00000392. The Morgan fingerprint density at radius 1 is 1.18 bits per heavy atom. The van der Waals surface area contributed by atoms with Gasteiger partial charge in [-0.05, 0) is 51.4 Å². The Hall–Kier alpha value is -1.23. The number of aliphatic imine (C=N–C) groups is 1. The van der Waals surface area contributed by atoms with Gasteiger partial charge in [0, 0.05) is 44.5 Å². The summed E-state index contributed by atoms with van der Waals surface area (Å²) in [5.41, 5.74) is 5.82. The van der Waals surface area contributed by atoms with E-state index in [0.717, 1.165) is 51.6 Å². The molecule has 0 saturated carbocycles. The van der Waals surface area contributed by atoms with E-state index >= 15 is 0 Å². The fourth-order valence-corrected chi connectivity index (χ4v) is 3.10. The van der Waals surface area contributed by atoms with E-state index in [4.69, 9.17) is 5.73 Å². The molecule has 1 saturated heterocycles. The molecule has 1 aromatic carbocycles. The van der Waals surface area contributed by atoms with Crippen LogP contribution in [0.25, 0.3) is 0 Å². The summed E-state index contributed by atoms with van der Waals surface area (Å²) >= 11 is 0. The maximum Gasteiger partial charge on any atom is 0.416 e. The number of hydrogen-bond donors (Lipinski definition) is 2. The van der Waals surface area contributed by atoms with Gasteiger partial charge in [-0.15, -0.1) is 24.0 Å². The number of benzene rings is 1. The molecule has 160 valence electrons. The second-order valence-electron chi connectivity index (χ2n) is 7.15. The minimum Gasteiger partial charge on any atom is -0.370 e. The number of piperazine rings is 1. The van der Waals surface area contributed by atoms with Crippen LogP contribution >= 0.6 is 24.0 Å². The van der Waals surface area contributed by atoms with Gasteiger partial charge in [0.25, 0.3) is 0 Å². The van der Waals surface area contributed by atoms with Crippen LogP contribution in [-0.4, -0.2) is 56.2 Å². The van der Waals surface area contributed by atoms with Crippen molar-refractivity contribution in [3.63, 3.8) is 0 Å². The smallest absolute Gasteiger partial charge is 0.370 e. The zero-order valence-electron chi connectivity index (χ0n) is 16.5. The number of nitrogens with two attached hydrogens (primary N) is 1. The summed E-state index contributed by atoms with van der Waals surface area (Å²) in [5, 5.41) is 3.06. The second-order valence-corrected chi connectivity index (χ2v) is 7.15. The Bertz CT molecular complexity index is 614. The zero-order valence-corrected chi connectivity index (χ0v) is 18.8. The molecular formula is C19H31F3IN5. The summed E-state index contributed by atoms with van der Waals surface area (Å²) < 4.78 is 38.6. The number of hydrogen-bond acceptors (Lipinski definition) is 3. The SMILES string of the molecule is CC(C)NC(N)=NCCCCN1CCN(c2cccc(C(F)(F)F)c2)CC1.I. The van der Waals surface area contributed by atoms with Gasteiger partial charge in [-0.2, -0.15) is 13.2 Å². The first-order chi connectivity index (χ1) is 12.8. The van der Waals surface area contributed by atoms with E-state index in [0.29, 0.717) is 18.2 Å². The summed E-state index contributed by atoms with van der Waals surface area (Å²) in [4.78, 5) is 8.66. The molecule has 0 spiro atoms. The zero-order chi connectivity index (χ0) is 19.9. The van der Waals surface area contributed by atoms with E-state index in [1.54, 1.807) is 6.07 Å². The monoisotopic (exact) mass is 513 g/mol. The van der Waals surface area contributed by atoms with Crippen LogP contribution in [0.3, 0.4) is 0 Å². The summed E-state index contributed by atoms with van der Waals surface area (Å²) in [5.74, 6) is 0.486. The predicted molar refractivity (Wildman–Crippen MR) is 120 cm³/mol. The van der Waals surface area contributed by atoms with Crippen molar-refractivity contribution in [3.8, 4) is 0 Å². The first kappa shape index (κ1) is 24.8. The van der Waals surface area contributed by atoms with Gasteiger partial charge in [0.2, 0.25) is 0 Å². The van der Waals surface area contributed by atoms with Gasteiger partial charge in [-0.25, -0.2) is 0 Å². The summed E-state index contributed by atoms with van der Waals surface area (Å²) in [6.45, 7) is 8.91. The normalized spacial score (nSPS) is 16.2. The maximum atomic E-state index is 12.9. The highest BCUT2D eigenvalue weighted by Gasteiger charge is 2.31. The minimum atomic E-state index is -4.30. The topological polar surface area (TPSA) is 56.9 Å². The van der Waals surface area contributed by atoms with Crippen molar-refractivity contribution in [1.29, 1.82) is 0 Å². The summed E-state index contributed by atoms with van der Waals surface area (Å²) in [6, 6.07) is 5.86. The van der Waals surface area contributed by atoms with E-state index in [9.17, 15) is 13.2 Å². The number of alkyl halides is 3. The third-order valence-electron chi connectivity index (χ3n) is 4.51. The molecule has 1 heterocycles. The number of rotatable bonds is 7. The van der Waals surface area contributed by atoms with Crippen molar-refractivity contribution < 1.29 is 13.2 Å². The van der Waals surface area contributed by atoms with Gasteiger partial charge in [0.1, 0.15) is 0 Å². The van der Waals surface area contributed by atoms with E-state index in [2.05, 4.69) is 15.2 Å². The van der Waals surface area contributed by atoms with Gasteiger partial charge in [0.05, 0.1) is 5.56 Å². The lowest BCUT2D eigenvalue weighted by molar-refractivity contribution is -0.137. The molecule has 5 nitrogen and oxygen atoms in total. The third kappa shape index (κ3) is 8.42. The van der Waals surface area contributed by atoms with Crippen LogP contribution in [0.4, 0.5) is 18.9 Å². The van der Waals surface area contributed by atoms with Gasteiger partial charge in [-0.3, -0.25) is 9.89 Å². The van der Waals surface area contributed by atoms with E-state index in [1.165, 1.54) is 12.1 Å². The first-order valence-corrected chi connectivity index (χ1v) is 9.46. The largest absolute Gasteiger partial charge is 0.416 e. The fraction of sp³-hybridized carbons (Fsp3) is 0.632. The van der Waals surface area contributed by atoms with Crippen LogP contribution in [-0.2, 0) is 6.18 Å². The van der Waals surface area contributed by atoms with E-state index < -0.39 is 11.7 Å². The molecule has 0 bridgehead atoms. The Kier molecular flexibility index (Phi) is 10.4. The van der Waals surface area contributed by atoms with Crippen molar-refractivity contribution in [2.45, 2.75) is 38.9 Å². The van der Waals surface area contributed by atoms with Crippen molar-refractivity contribution in [2.75, 3.05) is 44.2 Å². The quantitative estimate of drug-likeness (QED) is 0.254. The standard InChI is InChI=1S/C19H30F3N5.HI/c1-15(2)25-18(23)24-8-3-4-9-26-10-12-27(13-11-26)17-7-5-6-16(14-17)19(20,21)22;/h5-7,14-15H,3-4,8-13H2,1-2H3,(H3,23,24,25);1H. The number of nitrogens with zero attached hydrogens (tertiary/aromatic N) is 3. The van der Waals surface area contributed by atoms with Gasteiger partial charge in [0.15, 0.2) is 5.96 Å². The number of nitrogens with one attached hydrogen (secondary N) is 1. The molecule has 9 heteroatoms. The molecule has 0 atom stereocenters. The first-order valence-electron chi connectivity index (χ1n) is 9.46. The van der Waals surface area contributed by atoms with Gasteiger partial charge >= 0.3 is 6.18 Å². The molecule has 28 heavy (non-hydrogen) atoms. The number of anilines is 1. The molecule has 1 aliphatic rings. The summed E-state index contributed by atoms with van der Waals surface area (Å²) in [7, 11) is 0. The molecule has 1 fully saturated rings. The highest BCUT2D eigenvalue weighted by Crippen LogP contribution is 2.31. The average molecular weight is 513 g/mol. The fourth-order valence-electron chi connectivity index (χ4n) is 3.10. The van der Waals surface area contributed by atoms with E-state index in [-0.39, 0.29) is 30.0 Å². The van der Waals surface area contributed by atoms with Gasteiger partial charge < -0.3 is 16.0 Å². The van der Waals surface area contributed by atoms with Crippen molar-refractivity contribution >= 4 is 35.6 Å². The van der Waals surface area contributed by atoms with Crippen molar-refractivity contribution in [2.24, 2.45) is 10.7 Å². The average Bonchev–Trinajstić information content (AvgIpc) is 2.61. The van der Waals surface area contributed by atoms with Gasteiger partial charge in [-0.1, -0.05) is 6.07 Å². The summed E-state index contributed by atoms with van der Waals surface area (Å²) in [6.07, 6.45) is -2.30. The molecule has 1 aliphatic heterocycles. The van der Waals surface area contributed by atoms with Crippen molar-refractivity contribution in [3.05, 3.63) is 29.8 Å².